The van der Waals surface area contributed by atoms with Crippen molar-refractivity contribution in [3.05, 3.63) is 29.8 Å². The maximum Gasteiger partial charge on any atom is 0.236 e. The van der Waals surface area contributed by atoms with Gasteiger partial charge >= 0.3 is 0 Å². The Balaban J connectivity index is 2.02. The van der Waals surface area contributed by atoms with Crippen LogP contribution in [0.25, 0.3) is 0 Å². The third-order valence-electron chi connectivity index (χ3n) is 11.8. The zero-order valence-corrected chi connectivity index (χ0v) is 36.9. The van der Waals surface area contributed by atoms with Gasteiger partial charge in [-0.1, -0.05) is 32.4 Å². The number of phenolic OH excluding ortho intramolecular Hbond substituents is 1. The highest BCUT2D eigenvalue weighted by Gasteiger charge is 2.40. The number of aromatic hydroxyl groups is 1. The zero-order chi connectivity index (χ0) is 48.4. The quantitative estimate of drug-likeness (QED) is 0.0955. The molecule has 3 rings (SSSR count). The first-order valence-corrected chi connectivity index (χ1v) is 21.9. The van der Waals surface area contributed by atoms with E-state index in [1.54, 1.807) is 26.0 Å². The van der Waals surface area contributed by atoms with E-state index in [1.165, 1.54) is 17.0 Å². The minimum atomic E-state index is -1.64. The molecule has 0 aromatic heterocycles. The Morgan fingerprint density at radius 1 is 0.815 bits per heavy atom. The monoisotopic (exact) mass is 910 g/mol. The summed E-state index contributed by atoms with van der Waals surface area (Å²) in [6, 6.07) is 2.11. The number of primary amides is 3. The summed E-state index contributed by atoms with van der Waals surface area (Å²) < 4.78 is 0. The van der Waals surface area contributed by atoms with E-state index in [4.69, 9.17) is 17.2 Å². The molecule has 2 aliphatic heterocycles. The van der Waals surface area contributed by atoms with Gasteiger partial charge < -0.3 is 48.5 Å². The fourth-order valence-electron chi connectivity index (χ4n) is 7.88. The van der Waals surface area contributed by atoms with Gasteiger partial charge in [0, 0.05) is 69.2 Å². The van der Waals surface area contributed by atoms with Gasteiger partial charge in [0.25, 0.3) is 0 Å². The number of ketones is 4. The van der Waals surface area contributed by atoms with E-state index >= 15 is 0 Å². The lowest BCUT2D eigenvalue weighted by Gasteiger charge is -2.29. The average molecular weight is 911 g/mol. The van der Waals surface area contributed by atoms with Gasteiger partial charge in [0.05, 0.1) is 37.6 Å². The molecule has 1 aromatic rings. The summed E-state index contributed by atoms with van der Waals surface area (Å²) in [7, 11) is 0. The van der Waals surface area contributed by atoms with Crippen LogP contribution < -0.4 is 38.5 Å². The van der Waals surface area contributed by atoms with Gasteiger partial charge in [-0.25, -0.2) is 0 Å². The summed E-state index contributed by atoms with van der Waals surface area (Å²) >= 11 is 0. The highest BCUT2D eigenvalue weighted by Crippen LogP contribution is 2.27. The lowest BCUT2D eigenvalue weighted by molar-refractivity contribution is -0.143. The van der Waals surface area contributed by atoms with Crippen molar-refractivity contribution in [3.63, 3.8) is 0 Å². The fraction of sp³-hybridized carbons (Fsp3) is 0.591. The molecule has 65 heavy (non-hydrogen) atoms. The molecule has 0 bridgehead atoms. The summed E-state index contributed by atoms with van der Waals surface area (Å²) in [4.78, 5) is 159. The van der Waals surface area contributed by atoms with Crippen molar-refractivity contribution in [1.29, 1.82) is 0 Å². The minimum absolute atomic E-state index is 0.00157. The van der Waals surface area contributed by atoms with E-state index in [2.05, 4.69) is 21.3 Å². The summed E-state index contributed by atoms with van der Waals surface area (Å²) in [5, 5.41) is 19.8. The van der Waals surface area contributed by atoms with E-state index in [1.807, 2.05) is 0 Å². The number of nitrogens with one attached hydrogen (secondary N) is 4. The number of hydrogen-bond acceptors (Lipinski definition) is 13. The molecule has 2 fully saturated rings. The molecule has 2 heterocycles. The van der Waals surface area contributed by atoms with Crippen molar-refractivity contribution in [2.45, 2.75) is 122 Å². The Morgan fingerprint density at radius 2 is 1.49 bits per heavy atom. The second kappa shape index (κ2) is 25.7. The molecule has 356 valence electrons. The number of benzene rings is 1. The number of phenols is 1. The smallest absolute Gasteiger partial charge is 0.236 e. The van der Waals surface area contributed by atoms with Crippen molar-refractivity contribution >= 4 is 70.4 Å². The third-order valence-corrected chi connectivity index (χ3v) is 11.8. The van der Waals surface area contributed by atoms with Gasteiger partial charge in [-0.2, -0.15) is 0 Å². The van der Waals surface area contributed by atoms with Gasteiger partial charge in [0.1, 0.15) is 5.75 Å². The van der Waals surface area contributed by atoms with Gasteiger partial charge in [-0.05, 0) is 55.7 Å². The van der Waals surface area contributed by atoms with Crippen LogP contribution in [0.1, 0.15) is 103 Å². The average Bonchev–Trinajstić information content (AvgIpc) is 3.75. The number of Topliss-reactive ketones (excluding diaryl/α,β-unsaturated/α-hetero) is 4. The number of carbonyl (C=O) groups is 12. The molecule has 2 saturated heterocycles. The lowest BCUT2D eigenvalue weighted by atomic mass is 9.86. The largest absolute Gasteiger partial charge is 0.508 e. The first-order valence-electron chi connectivity index (χ1n) is 21.9. The summed E-state index contributed by atoms with van der Waals surface area (Å²) in [5.41, 5.74) is 16.5. The molecule has 21 nitrogen and oxygen atoms in total. The zero-order valence-electron chi connectivity index (χ0n) is 36.9. The first-order chi connectivity index (χ1) is 30.7. The Labute approximate surface area is 376 Å². The van der Waals surface area contributed by atoms with Crippen molar-refractivity contribution < 1.29 is 62.6 Å². The van der Waals surface area contributed by atoms with E-state index < -0.39 is 151 Å². The first kappa shape index (κ1) is 52.8. The van der Waals surface area contributed by atoms with Crippen molar-refractivity contribution in [2.75, 3.05) is 19.6 Å². The van der Waals surface area contributed by atoms with Crippen molar-refractivity contribution in [3.8, 4) is 5.75 Å². The third kappa shape index (κ3) is 17.5. The van der Waals surface area contributed by atoms with Crippen molar-refractivity contribution in [2.24, 2.45) is 40.9 Å². The lowest BCUT2D eigenvalue weighted by Crippen LogP contribution is -2.50. The van der Waals surface area contributed by atoms with Gasteiger partial charge in [-0.15, -0.1) is 0 Å². The van der Waals surface area contributed by atoms with Crippen LogP contribution in [-0.4, -0.2) is 118 Å². The number of nitrogens with zero attached hydrogens (tertiary/aromatic N) is 1. The predicted molar refractivity (Wildman–Crippen MR) is 230 cm³/mol. The van der Waals surface area contributed by atoms with Gasteiger partial charge in [-0.3, -0.25) is 57.5 Å². The molecular formula is C44H62N8O13. The number of carbonyl (C=O) groups excluding carboxylic acids is 12. The van der Waals surface area contributed by atoms with Crippen LogP contribution in [0.5, 0.6) is 5.75 Å². The van der Waals surface area contributed by atoms with E-state index in [0.717, 1.165) is 0 Å². The second-order valence-corrected chi connectivity index (χ2v) is 16.9. The molecule has 0 aliphatic carbocycles. The van der Waals surface area contributed by atoms with Crippen LogP contribution in [0.15, 0.2) is 24.3 Å². The van der Waals surface area contributed by atoms with Crippen molar-refractivity contribution in [1.82, 2.24) is 26.2 Å². The van der Waals surface area contributed by atoms with Gasteiger partial charge in [0.2, 0.25) is 47.3 Å². The Kier molecular flexibility index (Phi) is 20.9. The van der Waals surface area contributed by atoms with E-state index in [9.17, 15) is 62.6 Å². The molecule has 2 aliphatic rings. The van der Waals surface area contributed by atoms with Crippen LogP contribution in [-0.2, 0) is 64.0 Å². The molecule has 0 spiro atoms. The molecule has 0 unspecified atom stereocenters. The predicted octanol–water partition coefficient (Wildman–Crippen LogP) is -1.33. The standard InChI is InChI=1S/C44H62N8O13/c1-3-24(2)41-35(57)19-26(8-13-36(45)58)42(63)50-31(21-37(46)59)34(56)20-27(44(65)52-16-4-5-32(52)33(55)12-15-40(62)49-23-38(47)60)9-14-39(61)48-22-30(54)18-28(43(64)51-41)17-25-6-10-29(53)11-7-25/h6-7,10-11,24,26-28,31-32,41,53H,3-5,8-9,12-23H2,1-2H3,(H2,45,58)(H2,46,59)(H2,47,60)(H,48,61)(H,49,62)(H,50,63)(H,51,64)/t24-,26+,27+,28+,31-,32-,41-/m0/s1. The Morgan fingerprint density at radius 3 is 2.12 bits per heavy atom. The highest BCUT2D eigenvalue weighted by atomic mass is 16.3. The maximum atomic E-state index is 14.3. The highest BCUT2D eigenvalue weighted by molar-refractivity contribution is 5.99. The number of amides is 8. The summed E-state index contributed by atoms with van der Waals surface area (Å²) in [5.74, 6) is -12.9. The van der Waals surface area contributed by atoms with Crippen LogP contribution in [0, 0.1) is 23.7 Å². The van der Waals surface area contributed by atoms with Crippen LogP contribution in [0.3, 0.4) is 0 Å². The fourth-order valence-corrected chi connectivity index (χ4v) is 7.88. The molecular weight excluding hydrogens is 849 g/mol. The minimum Gasteiger partial charge on any atom is -0.508 e. The van der Waals surface area contributed by atoms with Gasteiger partial charge in [0.15, 0.2) is 23.1 Å². The van der Waals surface area contributed by atoms with E-state index in [-0.39, 0.29) is 63.7 Å². The number of likely N-dealkylation sites (tertiary alicyclic amines) is 1. The molecule has 11 N–H and O–H groups in total. The summed E-state index contributed by atoms with van der Waals surface area (Å²) in [6.45, 7) is 2.60. The molecule has 1 aromatic carbocycles. The second-order valence-electron chi connectivity index (χ2n) is 16.9. The summed E-state index contributed by atoms with van der Waals surface area (Å²) in [6.07, 6.45) is -3.23. The number of hydrogen-bond donors (Lipinski definition) is 8. The maximum absolute atomic E-state index is 14.3. The molecule has 0 saturated carbocycles. The molecule has 7 atom stereocenters. The SMILES string of the molecule is CC[C@H](C)[C@@H]1NC(=O)[C@H](Cc2ccc(O)cc2)CC(=O)CNC(=O)CC[C@@H](C(=O)N2CCC[C@H]2C(=O)CCC(=O)NCC(N)=O)CC(=O)[C@H](CC(N)=O)NC(=O)[C@H](CCC(N)=O)CC1=O. The Bertz CT molecular complexity index is 1970. The topological polar surface area (TPSA) is 354 Å². The van der Waals surface area contributed by atoms with Crippen LogP contribution in [0.4, 0.5) is 0 Å². The number of rotatable bonds is 16. The normalized spacial score (nSPS) is 23.6. The molecule has 8 amide bonds. The number of nitrogens with two attached hydrogens (primary N) is 3. The Hall–Kier alpha value is -6.54. The molecule has 0 radical (unpaired) electrons. The van der Waals surface area contributed by atoms with Crippen LogP contribution in [0.2, 0.25) is 0 Å². The molecule has 21 heteroatoms. The van der Waals surface area contributed by atoms with E-state index in [0.29, 0.717) is 18.4 Å². The van der Waals surface area contributed by atoms with Crippen LogP contribution >= 0.6 is 0 Å².